The Morgan fingerprint density at radius 1 is 1.40 bits per heavy atom. The molecular weight excluding hydrogens is 148 g/mol. The highest BCUT2D eigenvalue weighted by atomic mass is 32.1. The lowest BCUT2D eigenvalue weighted by molar-refractivity contribution is -0.113. The molecule has 0 aliphatic rings. The van der Waals surface area contributed by atoms with E-state index in [4.69, 9.17) is 0 Å². The number of thiol groups is 1. The summed E-state index contributed by atoms with van der Waals surface area (Å²) in [5, 5.41) is 0. The highest BCUT2D eigenvalue weighted by molar-refractivity contribution is 7.85. The van der Waals surface area contributed by atoms with Gasteiger partial charge in [0.25, 0.3) is 0 Å². The Morgan fingerprint density at radius 2 is 2.00 bits per heavy atom. The van der Waals surface area contributed by atoms with Crippen LogP contribution < -0.4 is 0 Å². The molecule has 10 heavy (non-hydrogen) atoms. The molecule has 2 nitrogen and oxygen atoms in total. The maximum atomic E-state index is 10.5. The number of aldehydes is 1. The van der Waals surface area contributed by atoms with Crippen molar-refractivity contribution in [3.05, 3.63) is 23.1 Å². The van der Waals surface area contributed by atoms with Gasteiger partial charge in [-0.1, -0.05) is 6.08 Å². The first-order chi connectivity index (χ1) is 4.68. The number of allylic oxidation sites excluding steroid dienone is 4. The van der Waals surface area contributed by atoms with Gasteiger partial charge in [0.2, 0.25) is 0 Å². The molecule has 0 unspecified atom stereocenters. The second kappa shape index (κ2) is 4.99. The van der Waals surface area contributed by atoms with Gasteiger partial charge in [0, 0.05) is 4.91 Å². The third-order valence-corrected chi connectivity index (χ3v) is 1.27. The van der Waals surface area contributed by atoms with Crippen molar-refractivity contribution in [2.24, 2.45) is 0 Å². The average Bonchev–Trinajstić information content (AvgIpc) is 1.88. The van der Waals surface area contributed by atoms with Crippen LogP contribution in [0.4, 0.5) is 0 Å². The zero-order valence-electron chi connectivity index (χ0n) is 5.57. The van der Waals surface area contributed by atoms with Crippen molar-refractivity contribution >= 4 is 24.7 Å². The first kappa shape index (κ1) is 9.17. The Labute approximate surface area is 65.0 Å². The zero-order chi connectivity index (χ0) is 7.98. The molecule has 0 saturated heterocycles. The first-order valence-electron chi connectivity index (χ1n) is 2.70. The van der Waals surface area contributed by atoms with Gasteiger partial charge in [-0.25, -0.2) is 0 Å². The summed E-state index contributed by atoms with van der Waals surface area (Å²) < 4.78 is 0. The normalized spacial score (nSPS) is 12.0. The Kier molecular flexibility index (Phi) is 4.58. The molecule has 0 fully saturated rings. The van der Waals surface area contributed by atoms with Gasteiger partial charge >= 0.3 is 0 Å². The van der Waals surface area contributed by atoms with E-state index in [-0.39, 0.29) is 5.78 Å². The summed E-state index contributed by atoms with van der Waals surface area (Å²) in [6.45, 7) is 1.41. The van der Waals surface area contributed by atoms with E-state index in [1.54, 1.807) is 0 Å². The standard InChI is InChI=1S/C7H8O2S/c1-6(9)7(10)4-2-3-5-8/h2-5,10H,1H3/b3-2+,7-4-. The van der Waals surface area contributed by atoms with Gasteiger partial charge in [-0.15, -0.1) is 12.6 Å². The molecule has 0 aromatic heterocycles. The molecule has 0 aliphatic heterocycles. The maximum Gasteiger partial charge on any atom is 0.165 e. The van der Waals surface area contributed by atoms with Crippen LogP contribution in [0.3, 0.4) is 0 Å². The summed E-state index contributed by atoms with van der Waals surface area (Å²) in [5.74, 6) is -0.112. The average molecular weight is 156 g/mol. The van der Waals surface area contributed by atoms with E-state index in [9.17, 15) is 9.59 Å². The van der Waals surface area contributed by atoms with Crippen molar-refractivity contribution in [1.29, 1.82) is 0 Å². The second-order valence-corrected chi connectivity index (χ2v) is 2.11. The van der Waals surface area contributed by atoms with Gasteiger partial charge in [0.1, 0.15) is 6.29 Å². The second-order valence-electron chi connectivity index (χ2n) is 1.63. The molecule has 0 spiro atoms. The smallest absolute Gasteiger partial charge is 0.165 e. The van der Waals surface area contributed by atoms with E-state index in [1.165, 1.54) is 25.2 Å². The quantitative estimate of drug-likeness (QED) is 0.288. The molecule has 0 rings (SSSR count). The molecule has 54 valence electrons. The summed E-state index contributed by atoms with van der Waals surface area (Å²) in [6, 6.07) is 0. The Hall–Kier alpha value is -0.830. The van der Waals surface area contributed by atoms with Crippen LogP contribution in [0.1, 0.15) is 6.92 Å². The molecule has 0 aromatic carbocycles. The van der Waals surface area contributed by atoms with Crippen LogP contribution in [-0.4, -0.2) is 12.1 Å². The Balaban J connectivity index is 4.04. The van der Waals surface area contributed by atoms with Gasteiger partial charge in [-0.05, 0) is 19.1 Å². The lowest BCUT2D eigenvalue weighted by Crippen LogP contribution is -1.86. The van der Waals surface area contributed by atoms with Crippen LogP contribution in [0.25, 0.3) is 0 Å². The molecule has 0 amide bonds. The number of carbonyl (C=O) groups is 2. The first-order valence-corrected chi connectivity index (χ1v) is 3.15. The highest BCUT2D eigenvalue weighted by Gasteiger charge is 1.92. The van der Waals surface area contributed by atoms with Gasteiger partial charge in [0.15, 0.2) is 5.78 Å². The molecule has 0 atom stereocenters. The molecule has 0 saturated carbocycles. The van der Waals surface area contributed by atoms with E-state index < -0.39 is 0 Å². The van der Waals surface area contributed by atoms with E-state index in [0.29, 0.717) is 11.2 Å². The van der Waals surface area contributed by atoms with Crippen molar-refractivity contribution < 1.29 is 9.59 Å². The minimum atomic E-state index is -0.112. The monoisotopic (exact) mass is 156 g/mol. The van der Waals surface area contributed by atoms with Crippen LogP contribution >= 0.6 is 12.6 Å². The van der Waals surface area contributed by atoms with Crippen LogP contribution in [0.2, 0.25) is 0 Å². The van der Waals surface area contributed by atoms with Crippen LogP contribution in [0.15, 0.2) is 23.1 Å². The van der Waals surface area contributed by atoms with Crippen molar-refractivity contribution in [2.45, 2.75) is 6.92 Å². The Morgan fingerprint density at radius 3 is 2.40 bits per heavy atom. The molecule has 0 aliphatic carbocycles. The topological polar surface area (TPSA) is 34.1 Å². The van der Waals surface area contributed by atoms with Crippen LogP contribution in [0, 0.1) is 0 Å². The van der Waals surface area contributed by atoms with Crippen molar-refractivity contribution in [3.8, 4) is 0 Å². The van der Waals surface area contributed by atoms with Crippen molar-refractivity contribution in [1.82, 2.24) is 0 Å². The SMILES string of the molecule is CC(=O)/C(S)=C/C=C/C=O. The predicted molar refractivity (Wildman–Crippen MR) is 43.0 cm³/mol. The van der Waals surface area contributed by atoms with E-state index in [2.05, 4.69) is 12.6 Å². The summed E-state index contributed by atoms with van der Waals surface area (Å²) in [5.41, 5.74) is 0. The molecule has 0 heterocycles. The summed E-state index contributed by atoms with van der Waals surface area (Å²) in [7, 11) is 0. The fraction of sp³-hybridized carbons (Fsp3) is 0.143. The fourth-order valence-electron chi connectivity index (χ4n) is 0.309. The molecule has 0 aromatic rings. The Bertz CT molecular complexity index is 192. The van der Waals surface area contributed by atoms with E-state index >= 15 is 0 Å². The van der Waals surface area contributed by atoms with Gasteiger partial charge < -0.3 is 0 Å². The number of hydrogen-bond acceptors (Lipinski definition) is 3. The predicted octanol–water partition coefficient (Wildman–Crippen LogP) is 1.14. The molecule has 0 bridgehead atoms. The van der Waals surface area contributed by atoms with Gasteiger partial charge in [-0.2, -0.15) is 0 Å². The minimum Gasteiger partial charge on any atom is -0.299 e. The van der Waals surface area contributed by atoms with Crippen molar-refractivity contribution in [3.63, 3.8) is 0 Å². The van der Waals surface area contributed by atoms with E-state index in [0.717, 1.165) is 0 Å². The van der Waals surface area contributed by atoms with Crippen LogP contribution in [0.5, 0.6) is 0 Å². The summed E-state index contributed by atoms with van der Waals surface area (Å²) in [6.07, 6.45) is 4.87. The molecule has 3 heteroatoms. The minimum absolute atomic E-state index is 0.112. The number of hydrogen-bond donors (Lipinski definition) is 1. The highest BCUT2D eigenvalue weighted by Crippen LogP contribution is 2.00. The molecule has 0 radical (unpaired) electrons. The van der Waals surface area contributed by atoms with Crippen molar-refractivity contribution in [2.75, 3.05) is 0 Å². The fourth-order valence-corrected chi connectivity index (χ4v) is 0.395. The lowest BCUT2D eigenvalue weighted by atomic mass is 10.3. The molecule has 0 N–H and O–H groups in total. The number of rotatable bonds is 3. The molecular formula is C7H8O2S. The van der Waals surface area contributed by atoms with E-state index in [1.807, 2.05) is 0 Å². The van der Waals surface area contributed by atoms with Crippen LogP contribution in [-0.2, 0) is 9.59 Å². The summed E-state index contributed by atoms with van der Waals surface area (Å²) >= 11 is 3.84. The number of ketones is 1. The third kappa shape index (κ3) is 4.09. The number of Topliss-reactive ketones (excluding diaryl/α,β-unsaturated/α-hetero) is 1. The van der Waals surface area contributed by atoms with Gasteiger partial charge in [0.05, 0.1) is 0 Å². The largest absolute Gasteiger partial charge is 0.299 e. The number of carbonyl (C=O) groups excluding carboxylic acids is 2. The lowest BCUT2D eigenvalue weighted by Gasteiger charge is -1.85. The third-order valence-electron chi connectivity index (χ3n) is 0.804. The van der Waals surface area contributed by atoms with Gasteiger partial charge in [-0.3, -0.25) is 9.59 Å². The maximum absolute atomic E-state index is 10.5. The zero-order valence-corrected chi connectivity index (χ0v) is 6.47. The summed E-state index contributed by atoms with van der Waals surface area (Å²) in [4.78, 5) is 20.5.